The average molecular weight is 664 g/mol. The number of nitrogens with one attached hydrogen (secondary N) is 3. The van der Waals surface area contributed by atoms with Crippen LogP contribution in [0, 0.1) is 5.92 Å². The van der Waals surface area contributed by atoms with Gasteiger partial charge >= 0.3 is 25.8 Å². The molecule has 0 radical (unpaired) electrons. The van der Waals surface area contributed by atoms with E-state index < -0.39 is 61.1 Å². The molecule has 4 N–H and O–H groups in total. The number of hydrogen-bond acceptors (Lipinski definition) is 9. The minimum Gasteiger partial charge on any atom is -0.467 e. The van der Waals surface area contributed by atoms with Crippen LogP contribution in [0.2, 0.25) is 0 Å². The highest BCUT2D eigenvalue weighted by Gasteiger charge is 2.41. The first-order chi connectivity index (χ1) is 21.6. The zero-order valence-corrected chi connectivity index (χ0v) is 28.1. The van der Waals surface area contributed by atoms with E-state index in [-0.39, 0.29) is 32.4 Å². The highest BCUT2D eigenvalue weighted by molar-refractivity contribution is 7.53. The minimum absolute atomic E-state index is 0.0249. The monoisotopic (exact) mass is 663 g/mol. The lowest BCUT2D eigenvalue weighted by Gasteiger charge is -2.30. The highest BCUT2D eigenvalue weighted by atomic mass is 31.2. The van der Waals surface area contributed by atoms with Crippen molar-refractivity contribution in [2.75, 3.05) is 13.7 Å². The van der Waals surface area contributed by atoms with Crippen molar-refractivity contribution in [3.8, 4) is 0 Å². The third-order valence-corrected chi connectivity index (χ3v) is 8.42. The Bertz CT molecular complexity index is 1320. The fourth-order valence-corrected chi connectivity index (χ4v) is 5.95. The minimum atomic E-state index is -4.73. The van der Waals surface area contributed by atoms with E-state index in [1.165, 1.54) is 0 Å². The fourth-order valence-electron chi connectivity index (χ4n) is 4.22. The van der Waals surface area contributed by atoms with Crippen molar-refractivity contribution < 1.29 is 47.4 Å². The summed E-state index contributed by atoms with van der Waals surface area (Å²) < 4.78 is 34.3. The van der Waals surface area contributed by atoms with Crippen molar-refractivity contribution in [2.45, 2.75) is 84.0 Å². The third kappa shape index (κ3) is 14.0. The van der Waals surface area contributed by atoms with Crippen LogP contribution in [0.1, 0.15) is 58.6 Å². The van der Waals surface area contributed by atoms with Gasteiger partial charge in [0.05, 0.1) is 7.11 Å². The van der Waals surface area contributed by atoms with Gasteiger partial charge in [0.25, 0.3) is 0 Å². The van der Waals surface area contributed by atoms with Crippen molar-refractivity contribution in [1.29, 1.82) is 0 Å². The first kappa shape index (κ1) is 38.3. The predicted molar refractivity (Wildman–Crippen MR) is 171 cm³/mol. The Morgan fingerprint density at radius 1 is 0.891 bits per heavy atom. The van der Waals surface area contributed by atoms with Crippen LogP contribution in [-0.2, 0) is 45.9 Å². The number of alkyl carbamates (subject to hydrolysis) is 2. The maximum absolute atomic E-state index is 13.6. The van der Waals surface area contributed by atoms with E-state index in [2.05, 4.69) is 16.0 Å². The van der Waals surface area contributed by atoms with Crippen LogP contribution >= 0.6 is 7.60 Å². The van der Waals surface area contributed by atoms with Gasteiger partial charge in [0.2, 0.25) is 5.91 Å². The van der Waals surface area contributed by atoms with Crippen molar-refractivity contribution in [3.63, 3.8) is 0 Å². The van der Waals surface area contributed by atoms with Gasteiger partial charge < -0.3 is 35.1 Å². The summed E-state index contributed by atoms with van der Waals surface area (Å²) in [6.45, 7) is 8.42. The first-order valence-electron chi connectivity index (χ1n) is 15.0. The largest absolute Gasteiger partial charge is 0.467 e. The highest BCUT2D eigenvalue weighted by Crippen LogP contribution is 2.51. The van der Waals surface area contributed by atoms with Crippen LogP contribution < -0.4 is 16.0 Å². The van der Waals surface area contributed by atoms with E-state index >= 15 is 0 Å². The maximum atomic E-state index is 13.6. The molecule has 3 amide bonds. The molecular weight excluding hydrogens is 617 g/mol. The van der Waals surface area contributed by atoms with E-state index in [9.17, 15) is 28.6 Å². The number of benzene rings is 2. The summed E-state index contributed by atoms with van der Waals surface area (Å²) in [6.07, 6.45) is -2.80. The van der Waals surface area contributed by atoms with Crippen LogP contribution in [0.3, 0.4) is 0 Å². The fraction of sp³-hybridized carbons (Fsp3) is 0.500. The lowest BCUT2D eigenvalue weighted by molar-refractivity contribution is -0.149. The van der Waals surface area contributed by atoms with Gasteiger partial charge in [-0.05, 0) is 50.7 Å². The van der Waals surface area contributed by atoms with Gasteiger partial charge in [-0.1, -0.05) is 74.5 Å². The molecule has 2 aromatic rings. The Hall–Kier alpha value is -3.93. The number of amides is 3. The Morgan fingerprint density at radius 3 is 2.02 bits per heavy atom. The summed E-state index contributed by atoms with van der Waals surface area (Å²) in [5.41, 5.74) is 0.779. The molecular formula is C32H46N3O10P. The molecule has 0 aliphatic carbocycles. The molecule has 2 aromatic carbocycles. The van der Waals surface area contributed by atoms with E-state index in [0.717, 1.165) is 18.2 Å². The molecule has 0 bridgehead atoms. The zero-order valence-electron chi connectivity index (χ0n) is 27.2. The quantitative estimate of drug-likeness (QED) is 0.0854. The summed E-state index contributed by atoms with van der Waals surface area (Å²) in [7, 11) is -3.62. The number of esters is 1. The molecule has 254 valence electrons. The van der Waals surface area contributed by atoms with Gasteiger partial charge in [-0.3, -0.25) is 13.9 Å². The molecule has 4 atom stereocenters. The molecule has 0 fully saturated rings. The summed E-state index contributed by atoms with van der Waals surface area (Å²) >= 11 is 0. The Balaban J connectivity index is 2.14. The number of ether oxygens (including phenoxy) is 3. The van der Waals surface area contributed by atoms with E-state index in [0.29, 0.717) is 0 Å². The van der Waals surface area contributed by atoms with Crippen LogP contribution in [0.15, 0.2) is 60.7 Å². The molecule has 0 aliphatic rings. The molecule has 2 rings (SSSR count). The summed E-state index contributed by atoms with van der Waals surface area (Å²) in [6, 6.07) is 16.7. The number of rotatable bonds is 16. The number of carbonyl (C=O) groups excluding carboxylic acids is 4. The zero-order chi connectivity index (χ0) is 34.3. The first-order valence-corrected chi connectivity index (χ1v) is 16.6. The lowest BCUT2D eigenvalue weighted by atomic mass is 10.1. The molecule has 0 aromatic heterocycles. The predicted octanol–water partition coefficient (Wildman–Crippen LogP) is 4.67. The van der Waals surface area contributed by atoms with E-state index in [4.69, 9.17) is 18.7 Å². The number of methoxy groups -OCH3 is 1. The molecule has 0 spiro atoms. The van der Waals surface area contributed by atoms with Crippen molar-refractivity contribution in [2.24, 2.45) is 5.92 Å². The van der Waals surface area contributed by atoms with E-state index in [1.807, 2.05) is 6.07 Å². The van der Waals surface area contributed by atoms with Gasteiger partial charge in [-0.15, -0.1) is 0 Å². The molecule has 4 unspecified atom stereocenters. The number of carbonyl (C=O) groups is 4. The Morgan fingerprint density at radius 2 is 1.48 bits per heavy atom. The van der Waals surface area contributed by atoms with Crippen molar-refractivity contribution in [3.05, 3.63) is 71.8 Å². The number of hydrogen-bond donors (Lipinski definition) is 4. The van der Waals surface area contributed by atoms with Gasteiger partial charge in [0.15, 0.2) is 6.10 Å². The van der Waals surface area contributed by atoms with Gasteiger partial charge in [0, 0.05) is 13.0 Å². The molecule has 0 heterocycles. The topological polar surface area (TPSA) is 179 Å². The van der Waals surface area contributed by atoms with Crippen LogP contribution in [0.4, 0.5) is 9.59 Å². The van der Waals surface area contributed by atoms with Crippen molar-refractivity contribution >= 4 is 31.7 Å². The molecule has 0 saturated heterocycles. The van der Waals surface area contributed by atoms with Crippen molar-refractivity contribution in [1.82, 2.24) is 16.0 Å². The normalized spacial score (nSPS) is 14.6. The average Bonchev–Trinajstić information content (AvgIpc) is 2.99. The van der Waals surface area contributed by atoms with Crippen LogP contribution in [0.25, 0.3) is 0 Å². The molecule has 14 heteroatoms. The van der Waals surface area contributed by atoms with Gasteiger partial charge in [0.1, 0.15) is 24.0 Å². The smallest absolute Gasteiger partial charge is 0.408 e. The standard InChI is InChI=1S/C32H46N3O10P/c1-22(2)28(46(40,41)45-26(29(37)42-6)18-13-19-33-30(38)44-32(3,4)5)35-27(36)25(20-23-14-9-7-10-15-23)34-31(39)43-21-24-16-11-8-12-17-24/h7-12,14-17,22,25-26,28H,13,18-21H2,1-6H3,(H,33,38)(H,34,39)(H,35,36)(H,40,41). The third-order valence-electron chi connectivity index (χ3n) is 6.43. The molecule has 0 saturated carbocycles. The Kier molecular flexibility index (Phi) is 15.2. The second-order valence-corrected chi connectivity index (χ2v) is 13.8. The SMILES string of the molecule is COC(=O)C(CCCNC(=O)OC(C)(C)C)OP(=O)(O)C(NC(=O)C(Cc1ccccc1)NC(=O)OCc1ccccc1)C(C)C. The van der Waals surface area contributed by atoms with Crippen LogP contribution in [-0.4, -0.2) is 66.1 Å². The van der Waals surface area contributed by atoms with E-state index in [1.54, 1.807) is 89.2 Å². The second-order valence-electron chi connectivity index (χ2n) is 11.9. The lowest BCUT2D eigenvalue weighted by Crippen LogP contribution is -2.52. The van der Waals surface area contributed by atoms with Gasteiger partial charge in [-0.25, -0.2) is 14.4 Å². The molecule has 0 aliphatic heterocycles. The molecule has 13 nitrogen and oxygen atoms in total. The summed E-state index contributed by atoms with van der Waals surface area (Å²) in [5.74, 6) is -3.74. The Labute approximate surface area is 270 Å². The maximum Gasteiger partial charge on any atom is 0.408 e. The summed E-state index contributed by atoms with van der Waals surface area (Å²) in [4.78, 5) is 61.7. The molecule has 46 heavy (non-hydrogen) atoms. The van der Waals surface area contributed by atoms with Gasteiger partial charge in [-0.2, -0.15) is 0 Å². The van der Waals surface area contributed by atoms with Crippen LogP contribution in [0.5, 0.6) is 0 Å². The second kappa shape index (κ2) is 18.3. The summed E-state index contributed by atoms with van der Waals surface area (Å²) in [5, 5.41) is 7.65.